The number of aliphatic hydroxyl groups is 2. The first-order chi connectivity index (χ1) is 26.1. The lowest BCUT2D eigenvalue weighted by Gasteiger charge is -2.33. The minimum atomic E-state index is -1.70. The van der Waals surface area contributed by atoms with E-state index in [0.29, 0.717) is 61.3 Å². The van der Waals surface area contributed by atoms with Crippen molar-refractivity contribution >= 4 is 35.0 Å². The van der Waals surface area contributed by atoms with Crippen molar-refractivity contribution in [2.24, 2.45) is 0 Å². The van der Waals surface area contributed by atoms with E-state index in [0.717, 1.165) is 11.1 Å². The lowest BCUT2D eigenvalue weighted by molar-refractivity contribution is -0.155. The Labute approximate surface area is 316 Å². The van der Waals surface area contributed by atoms with Gasteiger partial charge in [0.2, 0.25) is 11.8 Å². The van der Waals surface area contributed by atoms with Crippen molar-refractivity contribution in [3.63, 3.8) is 0 Å². The zero-order valence-corrected chi connectivity index (χ0v) is 30.6. The minimum Gasteiger partial charge on any atom is -0.375 e. The minimum absolute atomic E-state index is 0.189. The Morgan fingerprint density at radius 1 is 0.593 bits per heavy atom. The zero-order chi connectivity index (χ0) is 38.3. The Kier molecular flexibility index (Phi) is 11.6. The van der Waals surface area contributed by atoms with Crippen LogP contribution in [0.2, 0.25) is 0 Å². The number of hydrogen-bond acceptors (Lipinski definition) is 6. The Hall–Kier alpha value is -5.76. The number of nitrogens with zero attached hydrogens (tertiary/aromatic N) is 2. The highest BCUT2D eigenvalue weighted by atomic mass is 16.3. The van der Waals surface area contributed by atoms with Gasteiger partial charge in [0.1, 0.15) is 12.1 Å². The molecule has 0 spiro atoms. The predicted molar refractivity (Wildman–Crippen MR) is 207 cm³/mol. The third-order valence-electron chi connectivity index (χ3n) is 10.5. The van der Waals surface area contributed by atoms with E-state index in [4.69, 9.17) is 0 Å². The predicted octanol–water partition coefficient (Wildman–Crippen LogP) is 5.54. The summed E-state index contributed by atoms with van der Waals surface area (Å²) < 4.78 is 0. The van der Waals surface area contributed by atoms with Crippen LogP contribution in [0.4, 0.5) is 11.4 Å². The van der Waals surface area contributed by atoms with Crippen LogP contribution in [0, 0.1) is 11.8 Å². The first-order valence-electron chi connectivity index (χ1n) is 18.6. The molecule has 6 rings (SSSR count). The molecule has 4 N–H and O–H groups in total. The van der Waals surface area contributed by atoms with E-state index in [1.807, 2.05) is 12.1 Å². The maximum absolute atomic E-state index is 13.6. The third kappa shape index (κ3) is 7.93. The number of rotatable bonds is 10. The monoisotopic (exact) mass is 726 g/mol. The molecular weight excluding hydrogens is 681 g/mol. The summed E-state index contributed by atoms with van der Waals surface area (Å²) in [5.41, 5.74) is 0.208. The van der Waals surface area contributed by atoms with Gasteiger partial charge in [-0.15, -0.1) is 0 Å². The van der Waals surface area contributed by atoms with Gasteiger partial charge in [0.15, 0.2) is 11.2 Å². The standard InChI is InChI=1S/C44H46N4O6/c1-3-43(53,33-13-7-5-8-14-33)41(51)47-29-11-17-37(47)39(49)45-35-25-21-31(22-26-35)19-20-32-23-27-36(28-24-32)46-40(50)38-18-12-30-48(38)42(52)44(54,4-2)34-15-9-6-10-16-34/h5-10,13-16,21-28,37-38,53-54H,3-4,11-12,17-18,29-30H2,1-2H3,(H,45,49)(H,46,50)/t37-,38+,43?,44?. The molecule has 0 aromatic heterocycles. The van der Waals surface area contributed by atoms with Gasteiger partial charge in [-0.05, 0) is 98.2 Å². The Morgan fingerprint density at radius 3 is 1.28 bits per heavy atom. The van der Waals surface area contributed by atoms with Gasteiger partial charge in [-0.2, -0.15) is 0 Å². The van der Waals surface area contributed by atoms with Gasteiger partial charge in [0, 0.05) is 35.6 Å². The van der Waals surface area contributed by atoms with Crippen LogP contribution in [0.15, 0.2) is 109 Å². The number of amides is 4. The Bertz CT molecular complexity index is 1880. The highest BCUT2D eigenvalue weighted by Gasteiger charge is 2.46. The van der Waals surface area contributed by atoms with Crippen LogP contribution in [-0.4, -0.2) is 68.8 Å². The van der Waals surface area contributed by atoms with E-state index in [1.165, 1.54) is 9.80 Å². The van der Waals surface area contributed by atoms with E-state index in [2.05, 4.69) is 22.5 Å². The van der Waals surface area contributed by atoms with E-state index in [1.54, 1.807) is 111 Å². The number of carbonyl (C=O) groups excluding carboxylic acids is 4. The molecule has 4 atom stereocenters. The molecule has 10 nitrogen and oxygen atoms in total. The molecule has 0 radical (unpaired) electrons. The summed E-state index contributed by atoms with van der Waals surface area (Å²) in [5, 5.41) is 28.6. The normalized spacial score (nSPS) is 18.8. The van der Waals surface area contributed by atoms with E-state index in [-0.39, 0.29) is 24.7 Å². The smallest absolute Gasteiger partial charge is 0.259 e. The van der Waals surface area contributed by atoms with E-state index in [9.17, 15) is 29.4 Å². The number of anilines is 2. The quantitative estimate of drug-likeness (QED) is 0.158. The summed E-state index contributed by atoms with van der Waals surface area (Å²) in [7, 11) is 0. The molecule has 278 valence electrons. The van der Waals surface area contributed by atoms with Gasteiger partial charge in [-0.25, -0.2) is 0 Å². The zero-order valence-electron chi connectivity index (χ0n) is 30.6. The summed E-state index contributed by atoms with van der Waals surface area (Å²) in [6.07, 6.45) is 2.73. The molecule has 2 heterocycles. The second-order valence-electron chi connectivity index (χ2n) is 13.9. The molecule has 0 bridgehead atoms. The van der Waals surface area contributed by atoms with Crippen LogP contribution >= 0.6 is 0 Å². The summed E-state index contributed by atoms with van der Waals surface area (Å²) in [6, 6.07) is 30.5. The fraction of sp³-hybridized carbons (Fsp3) is 0.318. The van der Waals surface area contributed by atoms with Crippen molar-refractivity contribution in [1.29, 1.82) is 0 Å². The topological polar surface area (TPSA) is 139 Å². The first kappa shape index (κ1) is 38.0. The molecule has 0 aliphatic carbocycles. The van der Waals surface area contributed by atoms with Crippen LogP contribution < -0.4 is 10.6 Å². The van der Waals surface area contributed by atoms with Gasteiger partial charge in [0.05, 0.1) is 0 Å². The van der Waals surface area contributed by atoms with E-state index >= 15 is 0 Å². The maximum Gasteiger partial charge on any atom is 0.259 e. The van der Waals surface area contributed by atoms with E-state index < -0.39 is 35.1 Å². The van der Waals surface area contributed by atoms with Crippen LogP contribution in [0.1, 0.15) is 74.6 Å². The number of hydrogen-bond donors (Lipinski definition) is 4. The number of nitrogens with one attached hydrogen (secondary N) is 2. The Balaban J connectivity index is 1.04. The molecule has 0 saturated carbocycles. The van der Waals surface area contributed by atoms with Gasteiger partial charge in [-0.1, -0.05) is 86.4 Å². The average molecular weight is 727 g/mol. The second kappa shape index (κ2) is 16.5. The fourth-order valence-corrected chi connectivity index (χ4v) is 7.29. The molecule has 4 amide bonds. The summed E-state index contributed by atoms with van der Waals surface area (Å²) in [6.45, 7) is 4.31. The molecule has 2 aliphatic rings. The Morgan fingerprint density at radius 2 is 0.944 bits per heavy atom. The number of likely N-dealkylation sites (tertiary alicyclic amines) is 2. The average Bonchev–Trinajstić information content (AvgIpc) is 3.92. The maximum atomic E-state index is 13.6. The molecule has 4 aromatic carbocycles. The van der Waals surface area contributed by atoms with Crippen LogP contribution in [0.5, 0.6) is 0 Å². The molecule has 2 saturated heterocycles. The second-order valence-corrected chi connectivity index (χ2v) is 13.9. The van der Waals surface area contributed by atoms with Crippen LogP contribution in [0.3, 0.4) is 0 Å². The molecule has 10 heteroatoms. The first-order valence-corrected chi connectivity index (χ1v) is 18.6. The molecule has 54 heavy (non-hydrogen) atoms. The van der Waals surface area contributed by atoms with Crippen LogP contribution in [0.25, 0.3) is 0 Å². The van der Waals surface area contributed by atoms with Crippen LogP contribution in [-0.2, 0) is 30.4 Å². The molecule has 2 fully saturated rings. The molecular formula is C44H46N4O6. The third-order valence-corrected chi connectivity index (χ3v) is 10.5. The van der Waals surface area contributed by atoms with Crippen molar-refractivity contribution in [1.82, 2.24) is 9.80 Å². The SMILES string of the molecule is CCC(O)(C(=O)N1CCC[C@@H]1C(=O)Nc1ccc(C#Cc2ccc(NC(=O)[C@@H]3CCCN3C(=O)C(O)(CC)c3ccccc3)cc2)cc1)c1ccccc1. The lowest BCUT2D eigenvalue weighted by Crippen LogP contribution is -2.51. The van der Waals surface area contributed by atoms with Crippen molar-refractivity contribution < 1.29 is 29.4 Å². The fourth-order valence-electron chi connectivity index (χ4n) is 7.29. The highest BCUT2D eigenvalue weighted by molar-refractivity contribution is 6.00. The van der Waals surface area contributed by atoms with Gasteiger partial charge >= 0.3 is 0 Å². The summed E-state index contributed by atoms with van der Waals surface area (Å²) in [4.78, 5) is 56.8. The van der Waals surface area contributed by atoms with Gasteiger partial charge in [-0.3, -0.25) is 19.2 Å². The van der Waals surface area contributed by atoms with Gasteiger partial charge in [0.25, 0.3) is 11.8 Å². The highest BCUT2D eigenvalue weighted by Crippen LogP contribution is 2.33. The molecule has 4 aromatic rings. The largest absolute Gasteiger partial charge is 0.375 e. The number of benzene rings is 4. The molecule has 2 aliphatic heterocycles. The van der Waals surface area contributed by atoms with Crippen molar-refractivity contribution in [2.75, 3.05) is 23.7 Å². The van der Waals surface area contributed by atoms with Crippen molar-refractivity contribution in [3.8, 4) is 11.8 Å². The summed E-state index contributed by atoms with van der Waals surface area (Å²) in [5.74, 6) is 4.69. The summed E-state index contributed by atoms with van der Waals surface area (Å²) >= 11 is 0. The lowest BCUT2D eigenvalue weighted by atomic mass is 9.89. The van der Waals surface area contributed by atoms with Crippen molar-refractivity contribution in [3.05, 3.63) is 131 Å². The van der Waals surface area contributed by atoms with Crippen molar-refractivity contribution in [2.45, 2.75) is 75.7 Å². The molecule has 2 unspecified atom stereocenters. The van der Waals surface area contributed by atoms with Gasteiger partial charge < -0.3 is 30.6 Å². The number of carbonyl (C=O) groups is 4.